The van der Waals surface area contributed by atoms with Crippen LogP contribution in [0.5, 0.6) is 0 Å². The largest absolute Gasteiger partial charge is 0.453 e. The van der Waals surface area contributed by atoms with Gasteiger partial charge in [-0.05, 0) is 59.5 Å². The van der Waals surface area contributed by atoms with Crippen LogP contribution in [0.1, 0.15) is 11.1 Å². The molecular formula is C17H11ClF2N4O. The van der Waals surface area contributed by atoms with Crippen molar-refractivity contribution in [3.8, 4) is 11.6 Å². The highest BCUT2D eigenvalue weighted by Gasteiger charge is 2.13. The Morgan fingerprint density at radius 2 is 1.92 bits per heavy atom. The number of furan rings is 1. The fraction of sp³-hybridized carbons (Fsp3) is 0.118. The maximum atomic E-state index is 14.3. The Bertz CT molecular complexity index is 1050. The Morgan fingerprint density at radius 1 is 1.04 bits per heavy atom. The quantitative estimate of drug-likeness (QED) is 0.588. The Balaban J connectivity index is 1.60. The normalized spacial score (nSPS) is 11.3. The number of hydrogen-bond acceptors (Lipinski definition) is 4. The standard InChI is InChI=1S/C17H11ClF2N4O/c18-12-5-9(2-4-13(12)19)1-3-10-7-15-11(6-14(10)20)8-16(25-15)17-21-23-24-22-17/h2,4-8H,1,3H2,(H,21,22,23,24). The van der Waals surface area contributed by atoms with Gasteiger partial charge in [0.2, 0.25) is 5.82 Å². The summed E-state index contributed by atoms with van der Waals surface area (Å²) >= 11 is 5.77. The van der Waals surface area contributed by atoms with Gasteiger partial charge in [-0.3, -0.25) is 0 Å². The minimum atomic E-state index is -0.470. The van der Waals surface area contributed by atoms with Crippen LogP contribution in [-0.2, 0) is 12.8 Å². The van der Waals surface area contributed by atoms with Gasteiger partial charge in [0, 0.05) is 5.39 Å². The van der Waals surface area contributed by atoms with Gasteiger partial charge in [-0.1, -0.05) is 17.7 Å². The van der Waals surface area contributed by atoms with Gasteiger partial charge in [-0.15, -0.1) is 10.2 Å². The molecule has 2 heterocycles. The maximum Gasteiger partial charge on any atom is 0.239 e. The molecule has 0 fully saturated rings. The van der Waals surface area contributed by atoms with Crippen LogP contribution in [0.4, 0.5) is 8.78 Å². The van der Waals surface area contributed by atoms with E-state index in [1.807, 2.05) is 0 Å². The van der Waals surface area contributed by atoms with Gasteiger partial charge >= 0.3 is 0 Å². The highest BCUT2D eigenvalue weighted by Crippen LogP contribution is 2.28. The van der Waals surface area contributed by atoms with E-state index in [4.69, 9.17) is 16.0 Å². The third-order valence-electron chi connectivity index (χ3n) is 3.92. The first-order chi connectivity index (χ1) is 12.1. The SMILES string of the molecule is Fc1ccc(CCc2cc3oc(-c4nn[nH]n4)cc3cc2F)cc1Cl. The molecule has 25 heavy (non-hydrogen) atoms. The first-order valence-corrected chi connectivity index (χ1v) is 7.87. The van der Waals surface area contributed by atoms with Crippen molar-refractivity contribution in [2.45, 2.75) is 12.8 Å². The van der Waals surface area contributed by atoms with Crippen LogP contribution in [0.25, 0.3) is 22.6 Å². The molecule has 0 bridgehead atoms. The molecule has 0 atom stereocenters. The lowest BCUT2D eigenvalue weighted by molar-refractivity contribution is 0.602. The van der Waals surface area contributed by atoms with E-state index in [1.165, 1.54) is 12.1 Å². The van der Waals surface area contributed by atoms with Crippen LogP contribution in [0, 0.1) is 11.6 Å². The second-order valence-electron chi connectivity index (χ2n) is 5.58. The number of benzene rings is 2. The number of aromatic amines is 1. The molecule has 0 saturated carbocycles. The van der Waals surface area contributed by atoms with Gasteiger partial charge < -0.3 is 4.42 Å². The van der Waals surface area contributed by atoms with Crippen molar-refractivity contribution in [1.82, 2.24) is 20.6 Å². The molecule has 4 rings (SSSR count). The molecule has 2 aromatic heterocycles. The summed E-state index contributed by atoms with van der Waals surface area (Å²) in [6.07, 6.45) is 0.961. The van der Waals surface area contributed by atoms with E-state index in [0.29, 0.717) is 41.0 Å². The van der Waals surface area contributed by atoms with Crippen LogP contribution >= 0.6 is 11.6 Å². The summed E-state index contributed by atoms with van der Waals surface area (Å²) < 4.78 is 33.2. The van der Waals surface area contributed by atoms with Crippen molar-refractivity contribution in [3.05, 3.63) is 64.2 Å². The van der Waals surface area contributed by atoms with Crippen molar-refractivity contribution in [2.75, 3.05) is 0 Å². The Hall–Kier alpha value is -2.80. The zero-order valence-corrected chi connectivity index (χ0v) is 13.5. The van der Waals surface area contributed by atoms with E-state index >= 15 is 0 Å². The average Bonchev–Trinajstić information content (AvgIpc) is 3.24. The smallest absolute Gasteiger partial charge is 0.239 e. The van der Waals surface area contributed by atoms with E-state index in [9.17, 15) is 8.78 Å². The third-order valence-corrected chi connectivity index (χ3v) is 4.21. The lowest BCUT2D eigenvalue weighted by atomic mass is 10.0. The zero-order valence-electron chi connectivity index (χ0n) is 12.8. The first-order valence-electron chi connectivity index (χ1n) is 7.50. The number of hydrogen-bond donors (Lipinski definition) is 1. The number of fused-ring (bicyclic) bond motifs is 1. The Morgan fingerprint density at radius 3 is 2.68 bits per heavy atom. The Kier molecular flexibility index (Phi) is 3.93. The molecule has 0 saturated heterocycles. The van der Waals surface area contributed by atoms with Crippen molar-refractivity contribution in [1.29, 1.82) is 0 Å². The number of nitrogens with zero attached hydrogens (tertiary/aromatic N) is 3. The van der Waals surface area contributed by atoms with Gasteiger partial charge in [0.15, 0.2) is 5.76 Å². The molecule has 0 aliphatic heterocycles. The number of halogens is 3. The van der Waals surface area contributed by atoms with Crippen molar-refractivity contribution in [2.24, 2.45) is 0 Å². The molecule has 0 aliphatic carbocycles. The predicted molar refractivity (Wildman–Crippen MR) is 88.2 cm³/mol. The lowest BCUT2D eigenvalue weighted by Gasteiger charge is -2.05. The topological polar surface area (TPSA) is 67.6 Å². The van der Waals surface area contributed by atoms with Gasteiger partial charge in [-0.2, -0.15) is 5.21 Å². The predicted octanol–water partition coefficient (Wildman–Crippen LogP) is 4.33. The van der Waals surface area contributed by atoms with Gasteiger partial charge in [0.05, 0.1) is 5.02 Å². The number of nitrogens with one attached hydrogen (secondary N) is 1. The van der Waals surface area contributed by atoms with Crippen LogP contribution in [-0.4, -0.2) is 20.6 Å². The summed E-state index contributed by atoms with van der Waals surface area (Å²) in [4.78, 5) is 0. The maximum absolute atomic E-state index is 14.3. The molecule has 0 unspecified atom stereocenters. The van der Waals surface area contributed by atoms with E-state index in [2.05, 4.69) is 20.6 Å². The van der Waals surface area contributed by atoms with E-state index < -0.39 is 5.82 Å². The fourth-order valence-corrected chi connectivity index (χ4v) is 2.85. The highest BCUT2D eigenvalue weighted by molar-refractivity contribution is 6.30. The van der Waals surface area contributed by atoms with Crippen molar-refractivity contribution in [3.63, 3.8) is 0 Å². The first kappa shape index (κ1) is 15.7. The summed E-state index contributed by atoms with van der Waals surface area (Å²) in [5.74, 6) is -0.0894. The summed E-state index contributed by atoms with van der Waals surface area (Å²) in [7, 11) is 0. The van der Waals surface area contributed by atoms with Crippen LogP contribution in [0.3, 0.4) is 0 Å². The molecule has 4 aromatic rings. The number of aryl methyl sites for hydroxylation is 2. The molecular weight excluding hydrogens is 350 g/mol. The van der Waals surface area contributed by atoms with Crippen molar-refractivity contribution >= 4 is 22.6 Å². The molecule has 0 spiro atoms. The summed E-state index contributed by atoms with van der Waals surface area (Å²) in [6, 6.07) is 9.22. The summed E-state index contributed by atoms with van der Waals surface area (Å²) in [5, 5.41) is 14.2. The number of tetrazole rings is 1. The minimum Gasteiger partial charge on any atom is -0.453 e. The molecule has 0 radical (unpaired) electrons. The average molecular weight is 361 g/mol. The second-order valence-corrected chi connectivity index (χ2v) is 5.98. The monoisotopic (exact) mass is 360 g/mol. The molecule has 0 aliphatic rings. The molecule has 0 amide bonds. The van der Waals surface area contributed by atoms with E-state index in [1.54, 1.807) is 24.3 Å². The van der Waals surface area contributed by atoms with Crippen LogP contribution in [0.15, 0.2) is 40.8 Å². The molecule has 1 N–H and O–H groups in total. The molecule has 126 valence electrons. The molecule has 5 nitrogen and oxygen atoms in total. The van der Waals surface area contributed by atoms with Crippen LogP contribution < -0.4 is 0 Å². The van der Waals surface area contributed by atoms with Gasteiger partial charge in [0.1, 0.15) is 17.2 Å². The zero-order chi connectivity index (χ0) is 17.4. The van der Waals surface area contributed by atoms with Gasteiger partial charge in [0.25, 0.3) is 0 Å². The molecule has 8 heteroatoms. The van der Waals surface area contributed by atoms with E-state index in [0.717, 1.165) is 5.56 Å². The summed E-state index contributed by atoms with van der Waals surface area (Å²) in [5.41, 5.74) is 1.87. The third kappa shape index (κ3) is 3.10. The number of H-pyrrole nitrogens is 1. The highest BCUT2D eigenvalue weighted by atomic mass is 35.5. The van der Waals surface area contributed by atoms with Crippen molar-refractivity contribution < 1.29 is 13.2 Å². The van der Waals surface area contributed by atoms with Crippen LogP contribution in [0.2, 0.25) is 5.02 Å². The minimum absolute atomic E-state index is 0.0595. The summed E-state index contributed by atoms with van der Waals surface area (Å²) in [6.45, 7) is 0. The van der Waals surface area contributed by atoms with E-state index in [-0.39, 0.29) is 10.8 Å². The number of rotatable bonds is 4. The van der Waals surface area contributed by atoms with Gasteiger partial charge in [-0.25, -0.2) is 8.78 Å². The molecule has 2 aromatic carbocycles. The second kappa shape index (κ2) is 6.25. The fourth-order valence-electron chi connectivity index (χ4n) is 2.64. The number of aromatic nitrogens is 4. The lowest BCUT2D eigenvalue weighted by Crippen LogP contribution is -1.95. The Labute approximate surface area is 145 Å².